The van der Waals surface area contributed by atoms with Gasteiger partial charge in [-0.15, -0.1) is 0 Å². The van der Waals surface area contributed by atoms with E-state index < -0.39 is 5.41 Å². The van der Waals surface area contributed by atoms with Crippen LogP contribution >= 0.6 is 0 Å². The van der Waals surface area contributed by atoms with Crippen molar-refractivity contribution in [1.29, 1.82) is 0 Å². The molecule has 160 valence electrons. The van der Waals surface area contributed by atoms with Crippen LogP contribution in [0.1, 0.15) is 49.2 Å². The Bertz CT molecular complexity index is 1030. The average molecular weight is 417 g/mol. The van der Waals surface area contributed by atoms with Crippen LogP contribution < -0.4 is 10.3 Å². The number of nitrogens with two attached hydrogens (primary N) is 1. The molecule has 0 spiro atoms. The van der Waals surface area contributed by atoms with Crippen LogP contribution in [0.5, 0.6) is 0 Å². The molecule has 0 saturated heterocycles. The molecule has 5 nitrogen and oxygen atoms in total. The van der Waals surface area contributed by atoms with Crippen molar-refractivity contribution in [2.45, 2.75) is 51.1 Å². The number of ketones is 1. The zero-order valence-corrected chi connectivity index (χ0v) is 18.2. The van der Waals surface area contributed by atoms with Crippen molar-refractivity contribution in [3.8, 4) is 0 Å². The van der Waals surface area contributed by atoms with Crippen LogP contribution in [0.4, 0.5) is 0 Å². The van der Waals surface area contributed by atoms with Crippen molar-refractivity contribution < 1.29 is 14.2 Å². The summed E-state index contributed by atoms with van der Waals surface area (Å²) in [4.78, 5) is 24.8. The number of amides is 1. The largest absolute Gasteiger partial charge is 0.369 e. The molecular weight excluding hydrogens is 386 g/mol. The summed E-state index contributed by atoms with van der Waals surface area (Å²) in [6, 6.07) is 20.2. The van der Waals surface area contributed by atoms with Crippen molar-refractivity contribution in [3.63, 3.8) is 0 Å². The fourth-order valence-corrected chi connectivity index (χ4v) is 5.44. The SMILES string of the molecule is CC(=O)C[n+]1ccn([C@H]2CC[C@@H](C(C(N)=O)(c3ccccc3)c3ccccc3)C2)c1C. The lowest BCUT2D eigenvalue weighted by atomic mass is 9.64. The standard InChI is InChI=1S/C26H29N3O2/c1-19(30)18-28-15-16-29(20(28)2)24-14-13-23(17-24)26(25(27)31,21-9-5-3-6-10-21)22-11-7-4-8-12-22/h3-12,15-16,23-24H,13-14,17-18H2,1-2H3,(H-,27,31)/p+1/t23-,24+/m1/s1. The predicted octanol–water partition coefficient (Wildman–Crippen LogP) is 3.49. The molecule has 1 fully saturated rings. The second-order valence-electron chi connectivity index (χ2n) is 8.65. The molecule has 2 N–H and O–H groups in total. The van der Waals surface area contributed by atoms with Gasteiger partial charge >= 0.3 is 0 Å². The number of Topliss-reactive ketones (excluding diaryl/α,β-unsaturated/α-hetero) is 1. The molecule has 1 aromatic heterocycles. The third kappa shape index (κ3) is 3.69. The first-order chi connectivity index (χ1) is 14.9. The number of carbonyl (C=O) groups is 2. The Balaban J connectivity index is 1.74. The van der Waals surface area contributed by atoms with Gasteiger partial charge in [0, 0.05) is 6.92 Å². The van der Waals surface area contributed by atoms with Crippen molar-refractivity contribution in [2.75, 3.05) is 0 Å². The number of carbonyl (C=O) groups excluding carboxylic acids is 2. The van der Waals surface area contributed by atoms with E-state index in [4.69, 9.17) is 5.73 Å². The lowest BCUT2D eigenvalue weighted by molar-refractivity contribution is -0.689. The Morgan fingerprint density at radius 1 is 1.03 bits per heavy atom. The first kappa shape index (κ1) is 21.0. The third-order valence-corrected chi connectivity index (χ3v) is 6.85. The first-order valence-corrected chi connectivity index (χ1v) is 10.9. The van der Waals surface area contributed by atoms with Gasteiger partial charge in [0.15, 0.2) is 5.78 Å². The van der Waals surface area contributed by atoms with Crippen LogP contribution in [0.15, 0.2) is 73.1 Å². The second-order valence-corrected chi connectivity index (χ2v) is 8.65. The summed E-state index contributed by atoms with van der Waals surface area (Å²) < 4.78 is 4.25. The van der Waals surface area contributed by atoms with E-state index in [1.54, 1.807) is 6.92 Å². The zero-order chi connectivity index (χ0) is 22.0. The molecular formula is C26H30N3O2+. The van der Waals surface area contributed by atoms with Crippen molar-refractivity contribution in [2.24, 2.45) is 11.7 Å². The van der Waals surface area contributed by atoms with E-state index in [0.29, 0.717) is 6.54 Å². The van der Waals surface area contributed by atoms with Gasteiger partial charge in [-0.1, -0.05) is 60.7 Å². The summed E-state index contributed by atoms with van der Waals surface area (Å²) in [7, 11) is 0. The van der Waals surface area contributed by atoms with Crippen LogP contribution in [0.2, 0.25) is 0 Å². The van der Waals surface area contributed by atoms with E-state index in [-0.39, 0.29) is 23.7 Å². The quantitative estimate of drug-likeness (QED) is 0.599. The fraction of sp³-hybridized carbons (Fsp3) is 0.346. The molecule has 1 aliphatic carbocycles. The lowest BCUT2D eigenvalue weighted by Gasteiger charge is -2.37. The van der Waals surface area contributed by atoms with Gasteiger partial charge in [0.05, 0.1) is 0 Å². The van der Waals surface area contributed by atoms with E-state index in [1.165, 1.54) is 0 Å². The molecule has 0 aliphatic heterocycles. The number of primary amides is 1. The highest BCUT2D eigenvalue weighted by atomic mass is 16.1. The molecule has 31 heavy (non-hydrogen) atoms. The van der Waals surface area contributed by atoms with Gasteiger partial charge in [0.25, 0.3) is 5.82 Å². The molecule has 4 rings (SSSR count). The minimum Gasteiger partial charge on any atom is -0.369 e. The number of imidazole rings is 1. The maximum absolute atomic E-state index is 13.2. The van der Waals surface area contributed by atoms with Gasteiger partial charge in [0.1, 0.15) is 30.4 Å². The molecule has 1 aliphatic rings. The Labute approximate surface area is 183 Å². The number of hydrogen-bond donors (Lipinski definition) is 1. The molecule has 0 bridgehead atoms. The second kappa shape index (κ2) is 8.50. The smallest absolute Gasteiger partial charge is 0.253 e. The fourth-order valence-electron chi connectivity index (χ4n) is 5.44. The monoisotopic (exact) mass is 416 g/mol. The minimum atomic E-state index is -0.867. The molecule has 0 radical (unpaired) electrons. The number of benzene rings is 2. The molecule has 1 heterocycles. The van der Waals surface area contributed by atoms with Gasteiger partial charge in [0.2, 0.25) is 5.91 Å². The summed E-state index contributed by atoms with van der Waals surface area (Å²) in [6.07, 6.45) is 6.75. The molecule has 2 atom stereocenters. The third-order valence-electron chi connectivity index (χ3n) is 6.85. The number of aromatic nitrogens is 2. The molecule has 5 heteroatoms. The summed E-state index contributed by atoms with van der Waals surface area (Å²) >= 11 is 0. The lowest BCUT2D eigenvalue weighted by Crippen LogP contribution is -2.47. The Morgan fingerprint density at radius 3 is 2.13 bits per heavy atom. The minimum absolute atomic E-state index is 0.0860. The van der Waals surface area contributed by atoms with Gasteiger partial charge in [-0.05, 0) is 43.2 Å². The highest BCUT2D eigenvalue weighted by Gasteiger charge is 2.51. The topological polar surface area (TPSA) is 69.0 Å². The Kier molecular flexibility index (Phi) is 5.77. The van der Waals surface area contributed by atoms with E-state index in [1.807, 2.05) is 78.4 Å². The highest BCUT2D eigenvalue weighted by Crippen LogP contribution is 2.49. The van der Waals surface area contributed by atoms with Gasteiger partial charge in [-0.25, -0.2) is 9.13 Å². The van der Waals surface area contributed by atoms with E-state index in [9.17, 15) is 9.59 Å². The maximum atomic E-state index is 13.2. The summed E-state index contributed by atoms with van der Waals surface area (Å²) in [5, 5.41) is 0. The van der Waals surface area contributed by atoms with Crippen LogP contribution in [0, 0.1) is 12.8 Å². The van der Waals surface area contributed by atoms with Crippen LogP contribution in [-0.4, -0.2) is 16.3 Å². The Morgan fingerprint density at radius 2 is 1.61 bits per heavy atom. The van der Waals surface area contributed by atoms with E-state index >= 15 is 0 Å². The summed E-state index contributed by atoms with van der Waals surface area (Å²) in [5.74, 6) is 0.982. The van der Waals surface area contributed by atoms with Gasteiger partial charge in [-0.3, -0.25) is 9.59 Å². The van der Waals surface area contributed by atoms with Crippen molar-refractivity contribution >= 4 is 11.7 Å². The zero-order valence-electron chi connectivity index (χ0n) is 18.2. The average Bonchev–Trinajstić information content (AvgIpc) is 3.37. The normalized spacial score (nSPS) is 18.8. The van der Waals surface area contributed by atoms with E-state index in [2.05, 4.69) is 10.8 Å². The highest BCUT2D eigenvalue weighted by molar-refractivity contribution is 5.91. The number of hydrogen-bond acceptors (Lipinski definition) is 2. The maximum Gasteiger partial charge on any atom is 0.253 e. The van der Waals surface area contributed by atoms with Gasteiger partial charge in [-0.2, -0.15) is 0 Å². The van der Waals surface area contributed by atoms with Crippen LogP contribution in [-0.2, 0) is 21.5 Å². The molecule has 1 saturated carbocycles. The summed E-state index contributed by atoms with van der Waals surface area (Å²) in [5.41, 5.74) is 7.24. The molecule has 1 amide bonds. The van der Waals surface area contributed by atoms with E-state index in [0.717, 1.165) is 36.2 Å². The number of rotatable bonds is 7. The molecule has 0 unspecified atom stereocenters. The van der Waals surface area contributed by atoms with Crippen molar-refractivity contribution in [1.82, 2.24) is 4.57 Å². The van der Waals surface area contributed by atoms with Gasteiger partial charge < -0.3 is 5.73 Å². The molecule has 2 aromatic carbocycles. The van der Waals surface area contributed by atoms with Crippen LogP contribution in [0.3, 0.4) is 0 Å². The van der Waals surface area contributed by atoms with Crippen LogP contribution in [0.25, 0.3) is 0 Å². The van der Waals surface area contributed by atoms with Crippen molar-refractivity contribution in [3.05, 3.63) is 90.0 Å². The predicted molar refractivity (Wildman–Crippen MR) is 119 cm³/mol. The number of nitrogens with zero attached hydrogens (tertiary/aromatic N) is 2. The first-order valence-electron chi connectivity index (χ1n) is 10.9. The Hall–Kier alpha value is -3.21. The molecule has 3 aromatic rings. The summed E-state index contributed by atoms with van der Waals surface area (Å²) in [6.45, 7) is 4.04.